The standard InChI is InChI=1S/C16H14BNO7/c1-22-15(19)11-4-6-13(18-14(11)16(20)23-2)25-10-3-5-12-9(7-10)8-24-17(12)21/h3-7,21H,8H2,1-2H3. The summed E-state index contributed by atoms with van der Waals surface area (Å²) in [5.41, 5.74) is 1.25. The van der Waals surface area contributed by atoms with Crippen molar-refractivity contribution in [3.63, 3.8) is 0 Å². The van der Waals surface area contributed by atoms with Crippen LogP contribution in [0.3, 0.4) is 0 Å². The molecule has 0 amide bonds. The second-order valence-electron chi connectivity index (χ2n) is 5.15. The quantitative estimate of drug-likeness (QED) is 0.638. The highest BCUT2D eigenvalue weighted by Crippen LogP contribution is 2.24. The molecule has 0 saturated heterocycles. The minimum absolute atomic E-state index is 0.0211. The lowest BCUT2D eigenvalue weighted by molar-refractivity contribution is 0.0549. The highest BCUT2D eigenvalue weighted by Gasteiger charge is 2.27. The first kappa shape index (κ1) is 16.9. The number of fused-ring (bicyclic) bond motifs is 1. The number of methoxy groups -OCH3 is 2. The van der Waals surface area contributed by atoms with Crippen LogP contribution in [0.5, 0.6) is 11.6 Å². The zero-order valence-corrected chi connectivity index (χ0v) is 13.5. The summed E-state index contributed by atoms with van der Waals surface area (Å²) >= 11 is 0. The molecule has 1 aliphatic heterocycles. The van der Waals surface area contributed by atoms with Crippen LogP contribution in [0.25, 0.3) is 0 Å². The predicted octanol–water partition coefficient (Wildman–Crippen LogP) is 0.665. The molecule has 8 nitrogen and oxygen atoms in total. The maximum atomic E-state index is 11.9. The average molecular weight is 343 g/mol. The van der Waals surface area contributed by atoms with Crippen LogP contribution >= 0.6 is 0 Å². The molecule has 9 heteroatoms. The number of benzene rings is 1. The van der Waals surface area contributed by atoms with Crippen molar-refractivity contribution in [2.45, 2.75) is 6.61 Å². The van der Waals surface area contributed by atoms with Crippen molar-refractivity contribution < 1.29 is 33.5 Å². The molecule has 0 radical (unpaired) electrons. The molecule has 0 atom stereocenters. The van der Waals surface area contributed by atoms with Crippen molar-refractivity contribution in [2.24, 2.45) is 0 Å². The van der Waals surface area contributed by atoms with E-state index in [2.05, 4.69) is 14.5 Å². The van der Waals surface area contributed by atoms with Gasteiger partial charge in [0, 0.05) is 6.07 Å². The van der Waals surface area contributed by atoms with Gasteiger partial charge in [-0.2, -0.15) is 0 Å². The lowest BCUT2D eigenvalue weighted by Gasteiger charge is -2.10. The maximum Gasteiger partial charge on any atom is 0.491 e. The second kappa shape index (κ2) is 6.92. The van der Waals surface area contributed by atoms with Gasteiger partial charge in [0.1, 0.15) is 5.75 Å². The Balaban J connectivity index is 1.90. The van der Waals surface area contributed by atoms with Crippen molar-refractivity contribution in [3.05, 3.63) is 47.2 Å². The summed E-state index contributed by atoms with van der Waals surface area (Å²) < 4.78 is 20.0. The van der Waals surface area contributed by atoms with Gasteiger partial charge in [0.2, 0.25) is 5.88 Å². The van der Waals surface area contributed by atoms with Crippen LogP contribution in [-0.2, 0) is 20.7 Å². The first-order valence-electron chi connectivity index (χ1n) is 7.31. The topological polar surface area (TPSA) is 104 Å². The Bertz CT molecular complexity index is 839. The molecule has 0 spiro atoms. The highest BCUT2D eigenvalue weighted by atomic mass is 16.5. The molecule has 2 heterocycles. The van der Waals surface area contributed by atoms with E-state index >= 15 is 0 Å². The van der Waals surface area contributed by atoms with Crippen LogP contribution in [0, 0.1) is 0 Å². The van der Waals surface area contributed by atoms with E-state index in [1.807, 2.05) is 0 Å². The summed E-state index contributed by atoms with van der Waals surface area (Å²) in [6, 6.07) is 7.86. The van der Waals surface area contributed by atoms with E-state index in [0.717, 1.165) is 5.56 Å². The fourth-order valence-electron chi connectivity index (χ4n) is 2.42. The molecule has 0 saturated carbocycles. The minimum Gasteiger partial charge on any atom is -0.465 e. The molecule has 25 heavy (non-hydrogen) atoms. The largest absolute Gasteiger partial charge is 0.491 e. The van der Waals surface area contributed by atoms with Crippen molar-refractivity contribution in [1.29, 1.82) is 0 Å². The van der Waals surface area contributed by atoms with Crippen molar-refractivity contribution in [1.82, 2.24) is 4.98 Å². The first-order chi connectivity index (χ1) is 12.0. The van der Waals surface area contributed by atoms with Crippen molar-refractivity contribution in [2.75, 3.05) is 14.2 Å². The Morgan fingerprint density at radius 1 is 1.16 bits per heavy atom. The zero-order valence-electron chi connectivity index (χ0n) is 13.5. The van der Waals surface area contributed by atoms with Crippen LogP contribution in [0.4, 0.5) is 0 Å². The number of carbonyl (C=O) groups excluding carboxylic acids is 2. The normalized spacial score (nSPS) is 12.5. The third-order valence-electron chi connectivity index (χ3n) is 3.65. The maximum absolute atomic E-state index is 11.9. The van der Waals surface area contributed by atoms with Gasteiger partial charge in [-0.1, -0.05) is 6.07 Å². The average Bonchev–Trinajstić information content (AvgIpc) is 3.00. The predicted molar refractivity (Wildman–Crippen MR) is 85.8 cm³/mol. The van der Waals surface area contributed by atoms with Crippen LogP contribution in [0.15, 0.2) is 30.3 Å². The summed E-state index contributed by atoms with van der Waals surface area (Å²) in [4.78, 5) is 27.6. The van der Waals surface area contributed by atoms with E-state index in [1.54, 1.807) is 18.2 Å². The Labute approximate surface area is 143 Å². The summed E-state index contributed by atoms with van der Waals surface area (Å²) in [5, 5.41) is 9.62. The number of aromatic nitrogens is 1. The zero-order chi connectivity index (χ0) is 18.0. The van der Waals surface area contributed by atoms with Crippen molar-refractivity contribution >= 4 is 24.5 Å². The second-order valence-corrected chi connectivity index (χ2v) is 5.15. The van der Waals surface area contributed by atoms with Gasteiger partial charge in [0.25, 0.3) is 0 Å². The van der Waals surface area contributed by atoms with E-state index in [1.165, 1.54) is 26.4 Å². The summed E-state index contributed by atoms with van der Waals surface area (Å²) in [7, 11) is 1.45. The van der Waals surface area contributed by atoms with E-state index in [-0.39, 0.29) is 23.7 Å². The van der Waals surface area contributed by atoms with Crippen LogP contribution in [-0.4, -0.2) is 43.3 Å². The smallest absolute Gasteiger partial charge is 0.465 e. The van der Waals surface area contributed by atoms with Gasteiger partial charge in [-0.05, 0) is 29.2 Å². The molecule has 0 bridgehead atoms. The molecule has 0 aliphatic carbocycles. The molecule has 1 aromatic carbocycles. The van der Waals surface area contributed by atoms with Crippen LogP contribution in [0.2, 0.25) is 0 Å². The van der Waals surface area contributed by atoms with Crippen LogP contribution in [0.1, 0.15) is 26.4 Å². The lowest BCUT2D eigenvalue weighted by atomic mass is 9.80. The first-order valence-corrected chi connectivity index (χ1v) is 7.31. The number of nitrogens with zero attached hydrogens (tertiary/aromatic N) is 1. The molecule has 1 aliphatic rings. The van der Waals surface area contributed by atoms with Gasteiger partial charge in [0.05, 0.1) is 26.4 Å². The number of hydrogen-bond donors (Lipinski definition) is 1. The third kappa shape index (κ3) is 3.33. The Morgan fingerprint density at radius 3 is 2.64 bits per heavy atom. The number of rotatable bonds is 4. The lowest BCUT2D eigenvalue weighted by Crippen LogP contribution is -2.27. The number of esters is 2. The highest BCUT2D eigenvalue weighted by molar-refractivity contribution is 6.61. The van der Waals surface area contributed by atoms with Crippen LogP contribution < -0.4 is 10.2 Å². The van der Waals surface area contributed by atoms with Gasteiger partial charge < -0.3 is 23.9 Å². The molecule has 0 fully saturated rings. The number of hydrogen-bond acceptors (Lipinski definition) is 8. The molecular formula is C16H14BNO7. The fourth-order valence-corrected chi connectivity index (χ4v) is 2.42. The number of carbonyl (C=O) groups is 2. The molecule has 1 N–H and O–H groups in total. The minimum atomic E-state index is -0.938. The molecular weight excluding hydrogens is 329 g/mol. The van der Waals surface area contributed by atoms with E-state index in [4.69, 9.17) is 9.39 Å². The summed E-state index contributed by atoms with van der Waals surface area (Å²) in [6.45, 7) is 0.274. The van der Waals surface area contributed by atoms with E-state index in [0.29, 0.717) is 11.2 Å². The third-order valence-corrected chi connectivity index (χ3v) is 3.65. The Kier molecular flexibility index (Phi) is 4.69. The molecule has 128 valence electrons. The van der Waals surface area contributed by atoms with E-state index < -0.39 is 19.1 Å². The van der Waals surface area contributed by atoms with Gasteiger partial charge in [-0.15, -0.1) is 0 Å². The SMILES string of the molecule is COC(=O)c1ccc(Oc2ccc3c(c2)COB3O)nc1C(=O)OC. The van der Waals surface area contributed by atoms with Gasteiger partial charge >= 0.3 is 19.1 Å². The molecule has 0 unspecified atom stereocenters. The van der Waals surface area contributed by atoms with Gasteiger partial charge in [0.15, 0.2) is 5.69 Å². The fraction of sp³-hybridized carbons (Fsp3) is 0.188. The Hall–Kier alpha value is -2.91. The van der Waals surface area contributed by atoms with Gasteiger partial charge in [-0.3, -0.25) is 0 Å². The summed E-state index contributed by atoms with van der Waals surface area (Å²) in [6.07, 6.45) is 0. The Morgan fingerprint density at radius 2 is 1.92 bits per heavy atom. The monoisotopic (exact) mass is 343 g/mol. The molecule has 1 aromatic heterocycles. The number of pyridine rings is 1. The number of ether oxygens (including phenoxy) is 3. The molecule has 3 rings (SSSR count). The van der Waals surface area contributed by atoms with Gasteiger partial charge in [-0.25, -0.2) is 14.6 Å². The van der Waals surface area contributed by atoms with Crippen molar-refractivity contribution in [3.8, 4) is 11.6 Å². The molecule has 2 aromatic rings. The summed E-state index contributed by atoms with van der Waals surface area (Å²) in [5.74, 6) is -0.933. The van der Waals surface area contributed by atoms with E-state index in [9.17, 15) is 14.6 Å².